The van der Waals surface area contributed by atoms with E-state index in [-0.39, 0.29) is 0 Å². The highest BCUT2D eigenvalue weighted by atomic mass is 32.1. The van der Waals surface area contributed by atoms with Crippen LogP contribution in [0.25, 0.3) is 0 Å². The number of furan rings is 1. The van der Waals surface area contributed by atoms with Crippen molar-refractivity contribution >= 4 is 17.3 Å². The summed E-state index contributed by atoms with van der Waals surface area (Å²) in [5.74, 6) is -0.232. The lowest BCUT2D eigenvalue weighted by Crippen LogP contribution is -2.22. The Balaban J connectivity index is 2.05. The first-order chi connectivity index (χ1) is 7.27. The summed E-state index contributed by atoms with van der Waals surface area (Å²) < 4.78 is 5.17. The molecular formula is C11H9O3S-. The second kappa shape index (κ2) is 4.31. The molecule has 0 radical (unpaired) electrons. The molecule has 4 heteroatoms. The fourth-order valence-corrected chi connectivity index (χ4v) is 2.21. The van der Waals surface area contributed by atoms with Gasteiger partial charge in [-0.2, -0.15) is 0 Å². The van der Waals surface area contributed by atoms with Crippen LogP contribution >= 0.6 is 11.3 Å². The smallest absolute Gasteiger partial charge is 0.104 e. The summed E-state index contributed by atoms with van der Waals surface area (Å²) >= 11 is 1.20. The average Bonchev–Trinajstić information content (AvgIpc) is 2.86. The molecular weight excluding hydrogens is 212 g/mol. The van der Waals surface area contributed by atoms with Crippen molar-refractivity contribution in [2.24, 2.45) is 0 Å². The number of hydrogen-bond acceptors (Lipinski definition) is 4. The molecule has 15 heavy (non-hydrogen) atoms. The number of carbonyl (C=O) groups is 1. The molecule has 0 amide bonds. The van der Waals surface area contributed by atoms with Crippen LogP contribution in [0.3, 0.4) is 0 Å². The van der Waals surface area contributed by atoms with Gasteiger partial charge in [0, 0.05) is 6.42 Å². The molecule has 2 heterocycles. The van der Waals surface area contributed by atoms with Crippen molar-refractivity contribution in [2.45, 2.75) is 12.8 Å². The number of hydrogen-bond donors (Lipinski definition) is 0. The molecule has 0 spiro atoms. The van der Waals surface area contributed by atoms with Gasteiger partial charge in [0.05, 0.1) is 17.1 Å². The first kappa shape index (κ1) is 9.98. The van der Waals surface area contributed by atoms with E-state index in [4.69, 9.17) is 4.42 Å². The standard InChI is InChI=1S/C11H10O3S/c12-11(13)10-8(5-7-15-10)3-4-9-2-1-6-14-9/h1-2,5-7H,3-4H2,(H,12,13)/p-1. The Morgan fingerprint density at radius 3 is 2.93 bits per heavy atom. The molecule has 0 saturated heterocycles. The van der Waals surface area contributed by atoms with Crippen molar-refractivity contribution in [1.82, 2.24) is 0 Å². The third-order valence-electron chi connectivity index (χ3n) is 2.15. The minimum Gasteiger partial charge on any atom is -0.544 e. The number of rotatable bonds is 4. The van der Waals surface area contributed by atoms with Gasteiger partial charge < -0.3 is 14.3 Å². The van der Waals surface area contributed by atoms with Gasteiger partial charge >= 0.3 is 0 Å². The fourth-order valence-electron chi connectivity index (χ4n) is 1.42. The van der Waals surface area contributed by atoms with E-state index >= 15 is 0 Å². The van der Waals surface area contributed by atoms with E-state index in [0.29, 0.717) is 17.7 Å². The molecule has 0 N–H and O–H groups in total. The highest BCUT2D eigenvalue weighted by molar-refractivity contribution is 7.12. The van der Waals surface area contributed by atoms with E-state index in [1.807, 2.05) is 18.2 Å². The first-order valence-corrected chi connectivity index (χ1v) is 5.45. The quantitative estimate of drug-likeness (QED) is 0.786. The van der Waals surface area contributed by atoms with Crippen molar-refractivity contribution in [1.29, 1.82) is 0 Å². The van der Waals surface area contributed by atoms with E-state index in [0.717, 1.165) is 11.3 Å². The van der Waals surface area contributed by atoms with Gasteiger partial charge in [-0.1, -0.05) is 0 Å². The zero-order valence-corrected chi connectivity index (χ0v) is 8.75. The van der Waals surface area contributed by atoms with Crippen LogP contribution in [0.15, 0.2) is 34.3 Å². The number of aromatic carboxylic acids is 1. The maximum Gasteiger partial charge on any atom is 0.104 e. The van der Waals surface area contributed by atoms with Crippen molar-refractivity contribution in [3.63, 3.8) is 0 Å². The molecule has 0 saturated carbocycles. The number of carboxylic acid groups (broad SMARTS) is 1. The van der Waals surface area contributed by atoms with Crippen LogP contribution in [0.1, 0.15) is 21.0 Å². The number of carbonyl (C=O) groups excluding carboxylic acids is 1. The second-order valence-corrected chi connectivity index (χ2v) is 4.06. The maximum absolute atomic E-state index is 10.7. The monoisotopic (exact) mass is 221 g/mol. The van der Waals surface area contributed by atoms with E-state index in [9.17, 15) is 9.90 Å². The summed E-state index contributed by atoms with van der Waals surface area (Å²) in [6.45, 7) is 0. The van der Waals surface area contributed by atoms with Gasteiger partial charge in [-0.15, -0.1) is 11.3 Å². The molecule has 2 aromatic rings. The molecule has 0 aromatic carbocycles. The third-order valence-corrected chi connectivity index (χ3v) is 3.09. The van der Waals surface area contributed by atoms with Crippen molar-refractivity contribution in [3.05, 3.63) is 46.0 Å². The Kier molecular flexibility index (Phi) is 2.87. The Bertz CT molecular complexity index is 442. The van der Waals surface area contributed by atoms with E-state index in [1.165, 1.54) is 11.3 Å². The molecule has 78 valence electrons. The number of thiophene rings is 1. The van der Waals surface area contributed by atoms with Gasteiger partial charge in [-0.25, -0.2) is 0 Å². The summed E-state index contributed by atoms with van der Waals surface area (Å²) in [6, 6.07) is 5.52. The summed E-state index contributed by atoms with van der Waals surface area (Å²) in [7, 11) is 0. The highest BCUT2D eigenvalue weighted by Crippen LogP contribution is 2.18. The second-order valence-electron chi connectivity index (χ2n) is 3.14. The predicted molar refractivity (Wildman–Crippen MR) is 54.8 cm³/mol. The minimum atomic E-state index is -1.10. The Morgan fingerprint density at radius 2 is 2.27 bits per heavy atom. The minimum absolute atomic E-state index is 0.321. The van der Waals surface area contributed by atoms with Crippen molar-refractivity contribution < 1.29 is 14.3 Å². The Labute approximate surface area is 91.0 Å². The molecule has 0 atom stereocenters. The first-order valence-electron chi connectivity index (χ1n) is 4.57. The summed E-state index contributed by atoms with van der Waals surface area (Å²) in [5, 5.41) is 12.5. The summed E-state index contributed by atoms with van der Waals surface area (Å²) in [4.78, 5) is 11.0. The van der Waals surface area contributed by atoms with Gasteiger partial charge in [-0.3, -0.25) is 0 Å². The van der Waals surface area contributed by atoms with Gasteiger partial charge in [0.2, 0.25) is 0 Å². The van der Waals surface area contributed by atoms with Crippen LogP contribution in [0, 0.1) is 0 Å². The zero-order chi connectivity index (χ0) is 10.7. The fraction of sp³-hybridized carbons (Fsp3) is 0.182. The normalized spacial score (nSPS) is 10.4. The molecule has 0 aliphatic heterocycles. The van der Waals surface area contributed by atoms with Crippen LogP contribution in [-0.4, -0.2) is 5.97 Å². The average molecular weight is 221 g/mol. The molecule has 0 unspecified atom stereocenters. The molecule has 2 aromatic heterocycles. The van der Waals surface area contributed by atoms with Crippen LogP contribution in [0.4, 0.5) is 0 Å². The third kappa shape index (κ3) is 2.27. The molecule has 2 rings (SSSR count). The molecule has 0 aliphatic carbocycles. The van der Waals surface area contributed by atoms with Gasteiger partial charge in [0.15, 0.2) is 0 Å². The SMILES string of the molecule is O=C([O-])c1sccc1CCc1ccco1. The zero-order valence-electron chi connectivity index (χ0n) is 7.93. The highest BCUT2D eigenvalue weighted by Gasteiger charge is 2.06. The van der Waals surface area contributed by atoms with E-state index in [2.05, 4.69) is 0 Å². The van der Waals surface area contributed by atoms with Gasteiger partial charge in [0.1, 0.15) is 5.76 Å². The largest absolute Gasteiger partial charge is 0.544 e. The van der Waals surface area contributed by atoms with Crippen LogP contribution in [0.5, 0.6) is 0 Å². The van der Waals surface area contributed by atoms with Crippen molar-refractivity contribution in [3.8, 4) is 0 Å². The molecule has 0 fully saturated rings. The Morgan fingerprint density at radius 1 is 1.40 bits per heavy atom. The predicted octanol–water partition coefficient (Wildman–Crippen LogP) is 1.49. The summed E-state index contributed by atoms with van der Waals surface area (Å²) in [5.41, 5.74) is 0.816. The van der Waals surface area contributed by atoms with Crippen LogP contribution < -0.4 is 5.11 Å². The molecule has 0 bridgehead atoms. The maximum atomic E-state index is 10.7. The van der Waals surface area contributed by atoms with Crippen LogP contribution in [0.2, 0.25) is 0 Å². The lowest BCUT2D eigenvalue weighted by atomic mass is 10.1. The molecule has 0 aliphatic rings. The van der Waals surface area contributed by atoms with Crippen molar-refractivity contribution in [2.75, 3.05) is 0 Å². The lowest BCUT2D eigenvalue weighted by Gasteiger charge is -2.02. The van der Waals surface area contributed by atoms with Crippen LogP contribution in [-0.2, 0) is 12.8 Å². The molecule has 3 nitrogen and oxygen atoms in total. The van der Waals surface area contributed by atoms with Gasteiger partial charge in [-0.05, 0) is 35.6 Å². The Hall–Kier alpha value is -1.55. The number of aryl methyl sites for hydroxylation is 2. The van der Waals surface area contributed by atoms with E-state index in [1.54, 1.807) is 11.6 Å². The summed E-state index contributed by atoms with van der Waals surface area (Å²) in [6.07, 6.45) is 2.99. The van der Waals surface area contributed by atoms with Gasteiger partial charge in [0.25, 0.3) is 0 Å². The number of carboxylic acids is 1. The topological polar surface area (TPSA) is 53.3 Å². The van der Waals surface area contributed by atoms with E-state index < -0.39 is 5.97 Å². The lowest BCUT2D eigenvalue weighted by molar-refractivity contribution is -0.254.